The average Bonchev–Trinajstić information content (AvgIpc) is 2.05. The highest BCUT2D eigenvalue weighted by molar-refractivity contribution is 6.30. The van der Waals surface area contributed by atoms with Crippen molar-refractivity contribution in [2.24, 2.45) is 0 Å². The van der Waals surface area contributed by atoms with Crippen LogP contribution in [-0.2, 0) is 5.41 Å². The Labute approximate surface area is 78.6 Å². The highest BCUT2D eigenvalue weighted by Gasteiger charge is 2.16. The fourth-order valence-corrected chi connectivity index (χ4v) is 1.05. The van der Waals surface area contributed by atoms with Gasteiger partial charge in [-0.25, -0.2) is 0 Å². The zero-order chi connectivity index (χ0) is 9.19. The second kappa shape index (κ2) is 3.21. The Morgan fingerprint density at radius 2 is 2.25 bits per heavy atom. The topological polar surface area (TPSA) is 0 Å². The molecule has 1 aromatic rings. The molecular weight excluding hydrogens is 168 g/mol. The molecule has 0 atom stereocenters. The van der Waals surface area contributed by atoms with Crippen molar-refractivity contribution in [1.29, 1.82) is 0 Å². The molecule has 0 nitrogen and oxygen atoms in total. The number of halogens is 1. The third-order valence-corrected chi connectivity index (χ3v) is 2.03. The molecule has 0 bridgehead atoms. The van der Waals surface area contributed by atoms with Gasteiger partial charge < -0.3 is 0 Å². The van der Waals surface area contributed by atoms with Crippen LogP contribution in [-0.4, -0.2) is 0 Å². The van der Waals surface area contributed by atoms with Crippen molar-refractivity contribution in [2.75, 3.05) is 0 Å². The van der Waals surface area contributed by atoms with E-state index in [0.717, 1.165) is 5.56 Å². The van der Waals surface area contributed by atoms with E-state index < -0.39 is 0 Å². The largest absolute Gasteiger partial charge is 0.119 e. The van der Waals surface area contributed by atoms with Gasteiger partial charge >= 0.3 is 0 Å². The van der Waals surface area contributed by atoms with E-state index in [0.29, 0.717) is 5.02 Å². The van der Waals surface area contributed by atoms with Crippen LogP contribution in [0.4, 0.5) is 0 Å². The second-order valence-electron chi connectivity index (χ2n) is 3.19. The molecule has 0 saturated heterocycles. The summed E-state index contributed by atoms with van der Waals surface area (Å²) in [6, 6.07) is 8.50. The molecule has 0 aliphatic carbocycles. The SMILES string of the molecule is C#CC(C)(C)c1[c]ccc(Cl)c1. The molecule has 0 aromatic heterocycles. The maximum absolute atomic E-state index is 5.82. The van der Waals surface area contributed by atoms with Crippen molar-refractivity contribution in [3.8, 4) is 12.3 Å². The van der Waals surface area contributed by atoms with Crippen LogP contribution in [0.25, 0.3) is 0 Å². The van der Waals surface area contributed by atoms with E-state index in [1.807, 2.05) is 19.9 Å². The van der Waals surface area contributed by atoms with Crippen LogP contribution in [0.3, 0.4) is 0 Å². The molecule has 0 saturated carbocycles. The molecule has 0 spiro atoms. The van der Waals surface area contributed by atoms with Crippen molar-refractivity contribution in [3.63, 3.8) is 0 Å². The lowest BCUT2D eigenvalue weighted by molar-refractivity contribution is 0.698. The average molecular weight is 178 g/mol. The molecule has 1 rings (SSSR count). The molecular formula is C11H10Cl. The van der Waals surface area contributed by atoms with Gasteiger partial charge in [0.05, 0.1) is 5.41 Å². The zero-order valence-corrected chi connectivity index (χ0v) is 7.94. The highest BCUT2D eigenvalue weighted by Crippen LogP contribution is 2.23. The normalized spacial score (nSPS) is 10.8. The molecule has 12 heavy (non-hydrogen) atoms. The Kier molecular flexibility index (Phi) is 2.45. The fourth-order valence-electron chi connectivity index (χ4n) is 0.877. The minimum Gasteiger partial charge on any atom is -0.119 e. The Hall–Kier alpha value is -0.930. The minimum absolute atomic E-state index is 0.287. The summed E-state index contributed by atoms with van der Waals surface area (Å²) in [6.45, 7) is 3.93. The summed E-state index contributed by atoms with van der Waals surface area (Å²) in [4.78, 5) is 0. The Morgan fingerprint density at radius 1 is 1.58 bits per heavy atom. The van der Waals surface area contributed by atoms with Crippen molar-refractivity contribution < 1.29 is 0 Å². The first-order chi connectivity index (χ1) is 5.56. The summed E-state index contributed by atoms with van der Waals surface area (Å²) >= 11 is 5.82. The van der Waals surface area contributed by atoms with Crippen molar-refractivity contribution in [2.45, 2.75) is 19.3 Å². The van der Waals surface area contributed by atoms with Crippen LogP contribution < -0.4 is 0 Å². The number of terminal acetylenes is 1. The smallest absolute Gasteiger partial charge is 0.0510 e. The molecule has 0 aliphatic heterocycles. The predicted molar refractivity (Wildman–Crippen MR) is 52.1 cm³/mol. The lowest BCUT2D eigenvalue weighted by Crippen LogP contribution is -2.13. The zero-order valence-electron chi connectivity index (χ0n) is 7.19. The van der Waals surface area contributed by atoms with E-state index in [1.54, 1.807) is 12.1 Å². The van der Waals surface area contributed by atoms with Crippen molar-refractivity contribution in [1.82, 2.24) is 0 Å². The minimum atomic E-state index is -0.287. The fraction of sp³-hybridized carbons (Fsp3) is 0.273. The first-order valence-corrected chi connectivity index (χ1v) is 4.09. The second-order valence-corrected chi connectivity index (χ2v) is 3.63. The first-order valence-electron chi connectivity index (χ1n) is 3.72. The number of rotatable bonds is 1. The van der Waals surface area contributed by atoms with Crippen molar-refractivity contribution in [3.05, 3.63) is 34.9 Å². The Morgan fingerprint density at radius 3 is 2.75 bits per heavy atom. The molecule has 0 aliphatic rings. The summed E-state index contributed by atoms with van der Waals surface area (Å²) in [7, 11) is 0. The van der Waals surface area contributed by atoms with E-state index >= 15 is 0 Å². The quantitative estimate of drug-likeness (QED) is 0.579. The van der Waals surface area contributed by atoms with Crippen LogP contribution in [0.2, 0.25) is 5.02 Å². The number of hydrogen-bond acceptors (Lipinski definition) is 0. The summed E-state index contributed by atoms with van der Waals surface area (Å²) in [5.41, 5.74) is 0.669. The summed E-state index contributed by atoms with van der Waals surface area (Å²) in [5, 5.41) is 0.701. The van der Waals surface area contributed by atoms with Crippen LogP contribution in [0.15, 0.2) is 18.2 Å². The molecule has 0 fully saturated rings. The van der Waals surface area contributed by atoms with Gasteiger partial charge in [0.15, 0.2) is 0 Å². The molecule has 0 N–H and O–H groups in total. The highest BCUT2D eigenvalue weighted by atomic mass is 35.5. The van der Waals surface area contributed by atoms with Crippen molar-refractivity contribution >= 4 is 11.6 Å². The predicted octanol–water partition coefficient (Wildman–Crippen LogP) is 3.05. The molecule has 0 heterocycles. The monoisotopic (exact) mass is 177 g/mol. The molecule has 1 radical (unpaired) electrons. The summed E-state index contributed by atoms with van der Waals surface area (Å²) in [6.07, 6.45) is 5.38. The Bertz CT molecular complexity index is 318. The number of hydrogen-bond donors (Lipinski definition) is 0. The molecule has 1 aromatic carbocycles. The molecule has 61 valence electrons. The molecule has 1 heteroatoms. The van der Waals surface area contributed by atoms with Crippen LogP contribution in [0, 0.1) is 18.4 Å². The summed E-state index contributed by atoms with van der Waals surface area (Å²) in [5.74, 6) is 2.69. The van der Waals surface area contributed by atoms with Gasteiger partial charge in [0.1, 0.15) is 0 Å². The molecule has 0 amide bonds. The van der Waals surface area contributed by atoms with E-state index in [9.17, 15) is 0 Å². The number of benzene rings is 1. The Balaban J connectivity index is 3.14. The van der Waals surface area contributed by atoms with E-state index in [1.165, 1.54) is 0 Å². The van der Waals surface area contributed by atoms with Gasteiger partial charge in [-0.2, -0.15) is 0 Å². The third kappa shape index (κ3) is 1.81. The van der Waals surface area contributed by atoms with Crippen LogP contribution >= 0.6 is 11.6 Å². The van der Waals surface area contributed by atoms with Gasteiger partial charge in [-0.05, 0) is 37.6 Å². The van der Waals surface area contributed by atoms with Crippen LogP contribution in [0.1, 0.15) is 19.4 Å². The lowest BCUT2D eigenvalue weighted by Gasteiger charge is -2.17. The van der Waals surface area contributed by atoms with Gasteiger partial charge in [0, 0.05) is 5.02 Å². The van der Waals surface area contributed by atoms with E-state index in [-0.39, 0.29) is 5.41 Å². The van der Waals surface area contributed by atoms with Gasteiger partial charge in [-0.3, -0.25) is 0 Å². The van der Waals surface area contributed by atoms with E-state index in [2.05, 4.69) is 12.0 Å². The van der Waals surface area contributed by atoms with Crippen LogP contribution in [0.5, 0.6) is 0 Å². The maximum atomic E-state index is 5.82. The molecule has 0 unspecified atom stereocenters. The van der Waals surface area contributed by atoms with Gasteiger partial charge in [0.2, 0.25) is 0 Å². The first kappa shape index (κ1) is 9.16. The van der Waals surface area contributed by atoms with Gasteiger partial charge in [-0.1, -0.05) is 23.6 Å². The lowest BCUT2D eigenvalue weighted by atomic mass is 9.86. The van der Waals surface area contributed by atoms with Gasteiger partial charge in [0.25, 0.3) is 0 Å². The van der Waals surface area contributed by atoms with Gasteiger partial charge in [-0.15, -0.1) is 6.42 Å². The van der Waals surface area contributed by atoms with E-state index in [4.69, 9.17) is 18.0 Å². The third-order valence-electron chi connectivity index (χ3n) is 1.80. The standard InChI is InChI=1S/C11H10Cl/c1-4-11(2,3)9-6-5-7-10(12)8-9/h1,5,7-8H,2-3H3. The maximum Gasteiger partial charge on any atom is 0.0510 e. The summed E-state index contributed by atoms with van der Waals surface area (Å²) < 4.78 is 0.